The highest BCUT2D eigenvalue weighted by Crippen LogP contribution is 2.24. The Morgan fingerprint density at radius 1 is 1.67 bits per heavy atom. The first-order chi connectivity index (χ1) is 7.19. The van der Waals surface area contributed by atoms with Crippen molar-refractivity contribution in [2.45, 2.75) is 11.6 Å². The molecular weight excluding hydrogens is 240 g/mol. The number of esters is 1. The highest BCUT2D eigenvalue weighted by molar-refractivity contribution is 7.99. The SMILES string of the molecule is COC(=O)CSc1ncnc(Cl)c1CO. The number of ether oxygens (including phenoxy) is 1. The molecule has 1 aromatic rings. The number of methoxy groups -OCH3 is 1. The minimum atomic E-state index is -0.362. The van der Waals surface area contributed by atoms with Gasteiger partial charge in [0.2, 0.25) is 0 Å². The first kappa shape index (κ1) is 12.2. The van der Waals surface area contributed by atoms with Crippen molar-refractivity contribution in [1.29, 1.82) is 0 Å². The fourth-order valence-electron chi connectivity index (χ4n) is 0.820. The number of carbonyl (C=O) groups excluding carboxylic acids is 1. The molecule has 1 N–H and O–H groups in total. The lowest BCUT2D eigenvalue weighted by molar-refractivity contribution is -0.137. The third-order valence-corrected chi connectivity index (χ3v) is 2.90. The molecule has 0 atom stereocenters. The number of aliphatic hydroxyl groups is 1. The molecule has 0 aliphatic carbocycles. The van der Waals surface area contributed by atoms with Gasteiger partial charge >= 0.3 is 5.97 Å². The molecule has 0 spiro atoms. The van der Waals surface area contributed by atoms with Crippen LogP contribution in [0.15, 0.2) is 11.4 Å². The quantitative estimate of drug-likeness (QED) is 0.485. The highest BCUT2D eigenvalue weighted by Gasteiger charge is 2.11. The van der Waals surface area contributed by atoms with Crippen LogP contribution in [0.4, 0.5) is 0 Å². The molecule has 0 saturated heterocycles. The van der Waals surface area contributed by atoms with Crippen LogP contribution in [0.3, 0.4) is 0 Å². The lowest BCUT2D eigenvalue weighted by Crippen LogP contribution is -2.04. The summed E-state index contributed by atoms with van der Waals surface area (Å²) in [4.78, 5) is 18.5. The normalized spacial score (nSPS) is 10.1. The molecule has 82 valence electrons. The molecule has 0 aromatic carbocycles. The van der Waals surface area contributed by atoms with Gasteiger partial charge in [0.05, 0.1) is 19.5 Å². The van der Waals surface area contributed by atoms with E-state index >= 15 is 0 Å². The summed E-state index contributed by atoms with van der Waals surface area (Å²) >= 11 is 6.89. The van der Waals surface area contributed by atoms with Crippen LogP contribution in [0.25, 0.3) is 0 Å². The fraction of sp³-hybridized carbons (Fsp3) is 0.375. The van der Waals surface area contributed by atoms with Crippen LogP contribution in [0.5, 0.6) is 0 Å². The molecule has 7 heteroatoms. The molecule has 0 saturated carbocycles. The second kappa shape index (κ2) is 5.89. The Hall–Kier alpha value is -0.850. The van der Waals surface area contributed by atoms with Crippen LogP contribution in [-0.4, -0.2) is 33.9 Å². The molecule has 0 unspecified atom stereocenters. The van der Waals surface area contributed by atoms with E-state index in [2.05, 4.69) is 14.7 Å². The maximum Gasteiger partial charge on any atom is 0.316 e. The standard InChI is InChI=1S/C8H9ClN2O3S/c1-14-6(13)3-15-8-5(2-12)7(9)10-4-11-8/h4,12H,2-3H2,1H3. The highest BCUT2D eigenvalue weighted by atomic mass is 35.5. The summed E-state index contributed by atoms with van der Waals surface area (Å²) < 4.78 is 4.48. The van der Waals surface area contributed by atoms with E-state index in [-0.39, 0.29) is 23.5 Å². The zero-order valence-corrected chi connectivity index (χ0v) is 9.51. The third kappa shape index (κ3) is 3.33. The molecule has 0 fully saturated rings. The summed E-state index contributed by atoms with van der Waals surface area (Å²) in [5, 5.41) is 9.71. The van der Waals surface area contributed by atoms with Gasteiger partial charge in [-0.05, 0) is 0 Å². The Balaban J connectivity index is 2.76. The Kier molecular flexibility index (Phi) is 4.80. The molecule has 1 heterocycles. The van der Waals surface area contributed by atoms with E-state index in [1.54, 1.807) is 0 Å². The van der Waals surface area contributed by atoms with Gasteiger partial charge in [-0.2, -0.15) is 0 Å². The minimum absolute atomic E-state index is 0.122. The maximum atomic E-state index is 10.9. The molecule has 0 aliphatic heterocycles. The van der Waals surface area contributed by atoms with Gasteiger partial charge < -0.3 is 9.84 Å². The van der Waals surface area contributed by atoms with Crippen LogP contribution in [0, 0.1) is 0 Å². The predicted octanol–water partition coefficient (Wildman–Crippen LogP) is 0.887. The van der Waals surface area contributed by atoms with Gasteiger partial charge in [-0.15, -0.1) is 0 Å². The molecule has 0 aliphatic rings. The van der Waals surface area contributed by atoms with Crippen molar-refractivity contribution in [3.8, 4) is 0 Å². The van der Waals surface area contributed by atoms with Crippen LogP contribution in [-0.2, 0) is 16.1 Å². The van der Waals surface area contributed by atoms with E-state index in [1.165, 1.54) is 13.4 Å². The van der Waals surface area contributed by atoms with Gasteiger partial charge in [-0.1, -0.05) is 23.4 Å². The lowest BCUT2D eigenvalue weighted by Gasteiger charge is -2.05. The first-order valence-corrected chi connectivity index (χ1v) is 5.35. The summed E-state index contributed by atoms with van der Waals surface area (Å²) in [6.45, 7) is -0.261. The topological polar surface area (TPSA) is 72.3 Å². The fourth-order valence-corrected chi connectivity index (χ4v) is 1.90. The molecule has 5 nitrogen and oxygen atoms in total. The maximum absolute atomic E-state index is 10.9. The van der Waals surface area contributed by atoms with E-state index in [0.717, 1.165) is 11.8 Å². The number of carbonyl (C=O) groups is 1. The summed E-state index contributed by atoms with van der Waals surface area (Å²) in [6.07, 6.45) is 1.28. The molecular formula is C8H9ClN2O3S. The van der Waals surface area contributed by atoms with Crippen molar-refractivity contribution >= 4 is 29.3 Å². The number of aliphatic hydroxyl groups excluding tert-OH is 1. The summed E-state index contributed by atoms with van der Waals surface area (Å²) in [7, 11) is 1.31. The summed E-state index contributed by atoms with van der Waals surface area (Å²) in [6, 6.07) is 0. The third-order valence-electron chi connectivity index (χ3n) is 1.57. The first-order valence-electron chi connectivity index (χ1n) is 3.99. The Morgan fingerprint density at radius 3 is 3.00 bits per heavy atom. The van der Waals surface area contributed by atoms with Crippen LogP contribution in [0.2, 0.25) is 5.15 Å². The Bertz CT molecular complexity index is 362. The number of rotatable bonds is 4. The number of thioether (sulfide) groups is 1. The zero-order valence-electron chi connectivity index (χ0n) is 7.94. The number of halogens is 1. The van der Waals surface area contributed by atoms with E-state index in [4.69, 9.17) is 16.7 Å². The van der Waals surface area contributed by atoms with E-state index in [1.807, 2.05) is 0 Å². The van der Waals surface area contributed by atoms with Crippen LogP contribution in [0.1, 0.15) is 5.56 Å². The van der Waals surface area contributed by atoms with E-state index in [0.29, 0.717) is 10.6 Å². The van der Waals surface area contributed by atoms with Gasteiger partial charge in [0.1, 0.15) is 16.5 Å². The van der Waals surface area contributed by atoms with Crippen molar-refractivity contribution in [2.75, 3.05) is 12.9 Å². The van der Waals surface area contributed by atoms with Gasteiger partial charge in [0.25, 0.3) is 0 Å². The van der Waals surface area contributed by atoms with Crippen LogP contribution >= 0.6 is 23.4 Å². The molecule has 0 bridgehead atoms. The number of aromatic nitrogens is 2. The Morgan fingerprint density at radius 2 is 2.40 bits per heavy atom. The number of hydrogen-bond donors (Lipinski definition) is 1. The van der Waals surface area contributed by atoms with Crippen LogP contribution < -0.4 is 0 Å². The van der Waals surface area contributed by atoms with Crippen molar-refractivity contribution in [1.82, 2.24) is 9.97 Å². The lowest BCUT2D eigenvalue weighted by atomic mass is 10.4. The number of nitrogens with zero attached hydrogens (tertiary/aromatic N) is 2. The van der Waals surface area contributed by atoms with E-state index in [9.17, 15) is 4.79 Å². The molecule has 0 amide bonds. The van der Waals surface area contributed by atoms with E-state index < -0.39 is 0 Å². The average Bonchev–Trinajstić information content (AvgIpc) is 2.25. The van der Waals surface area contributed by atoms with Crippen molar-refractivity contribution < 1.29 is 14.6 Å². The second-order valence-electron chi connectivity index (χ2n) is 2.47. The minimum Gasteiger partial charge on any atom is -0.468 e. The van der Waals surface area contributed by atoms with Gasteiger partial charge in [-0.25, -0.2) is 9.97 Å². The van der Waals surface area contributed by atoms with Gasteiger partial charge in [0.15, 0.2) is 0 Å². The molecule has 1 aromatic heterocycles. The molecule has 1 rings (SSSR count). The molecule has 0 radical (unpaired) electrons. The van der Waals surface area contributed by atoms with Crippen molar-refractivity contribution in [3.63, 3.8) is 0 Å². The monoisotopic (exact) mass is 248 g/mol. The Labute approximate surface area is 95.8 Å². The largest absolute Gasteiger partial charge is 0.468 e. The predicted molar refractivity (Wildman–Crippen MR) is 55.7 cm³/mol. The van der Waals surface area contributed by atoms with Crippen molar-refractivity contribution in [2.24, 2.45) is 0 Å². The molecule has 15 heavy (non-hydrogen) atoms. The second-order valence-corrected chi connectivity index (χ2v) is 3.79. The zero-order chi connectivity index (χ0) is 11.3. The summed E-state index contributed by atoms with van der Waals surface area (Å²) in [5.74, 6) is -0.241. The van der Waals surface area contributed by atoms with Crippen molar-refractivity contribution in [3.05, 3.63) is 17.0 Å². The van der Waals surface area contributed by atoms with Gasteiger partial charge in [0, 0.05) is 5.56 Å². The average molecular weight is 249 g/mol. The summed E-state index contributed by atoms with van der Waals surface area (Å²) in [5.41, 5.74) is 0.424. The smallest absolute Gasteiger partial charge is 0.316 e. The number of hydrogen-bond acceptors (Lipinski definition) is 6. The van der Waals surface area contributed by atoms with Gasteiger partial charge in [-0.3, -0.25) is 4.79 Å².